The van der Waals surface area contributed by atoms with Gasteiger partial charge in [-0.25, -0.2) is 4.79 Å². The Bertz CT molecular complexity index is 857. The van der Waals surface area contributed by atoms with Crippen LogP contribution in [0, 0.1) is 0 Å². The van der Waals surface area contributed by atoms with Crippen LogP contribution in [0.4, 0.5) is 16.2 Å². The lowest BCUT2D eigenvalue weighted by molar-refractivity contribution is 0.262. The first-order chi connectivity index (χ1) is 12.7. The standard InChI is InChI=1S/C23H24N2O/c1-3-17(2)21-11-7-8-12-22(21)25-23(26)24-20-15-13-19(14-16-20)18-9-5-4-6-10-18/h4-17H,3H2,1-2H3,(H2,24,25,26). The molecular formula is C23H24N2O. The first-order valence-electron chi connectivity index (χ1n) is 8.99. The Labute approximate surface area is 155 Å². The predicted octanol–water partition coefficient (Wildman–Crippen LogP) is 6.51. The average Bonchev–Trinajstić information content (AvgIpc) is 2.69. The molecular weight excluding hydrogens is 320 g/mol. The van der Waals surface area contributed by atoms with Gasteiger partial charge in [0.05, 0.1) is 0 Å². The van der Waals surface area contributed by atoms with Gasteiger partial charge < -0.3 is 10.6 Å². The van der Waals surface area contributed by atoms with Crippen molar-refractivity contribution in [2.45, 2.75) is 26.2 Å². The molecule has 0 heterocycles. The molecule has 3 aromatic carbocycles. The number of hydrogen-bond donors (Lipinski definition) is 2. The topological polar surface area (TPSA) is 41.1 Å². The average molecular weight is 344 g/mol. The van der Waals surface area contributed by atoms with E-state index in [-0.39, 0.29) is 6.03 Å². The van der Waals surface area contributed by atoms with Crippen LogP contribution in [0.15, 0.2) is 78.9 Å². The molecule has 0 aliphatic heterocycles. The van der Waals surface area contributed by atoms with Gasteiger partial charge >= 0.3 is 6.03 Å². The molecule has 2 amide bonds. The lowest BCUT2D eigenvalue weighted by atomic mass is 9.97. The summed E-state index contributed by atoms with van der Waals surface area (Å²) in [6.07, 6.45) is 1.03. The maximum Gasteiger partial charge on any atom is 0.323 e. The van der Waals surface area contributed by atoms with Crippen molar-refractivity contribution in [1.82, 2.24) is 0 Å². The number of para-hydroxylation sites is 1. The van der Waals surface area contributed by atoms with E-state index in [1.807, 2.05) is 60.7 Å². The van der Waals surface area contributed by atoms with E-state index in [0.717, 1.165) is 34.5 Å². The van der Waals surface area contributed by atoms with Crippen molar-refractivity contribution < 1.29 is 4.79 Å². The Hall–Kier alpha value is -3.07. The molecule has 0 aliphatic carbocycles. The van der Waals surface area contributed by atoms with Gasteiger partial charge in [0, 0.05) is 11.4 Å². The Morgan fingerprint density at radius 1 is 0.808 bits per heavy atom. The van der Waals surface area contributed by atoms with Gasteiger partial charge in [0.2, 0.25) is 0 Å². The highest BCUT2D eigenvalue weighted by Gasteiger charge is 2.11. The van der Waals surface area contributed by atoms with Crippen LogP contribution in [0.25, 0.3) is 11.1 Å². The number of anilines is 2. The second kappa shape index (κ2) is 8.34. The van der Waals surface area contributed by atoms with Gasteiger partial charge in [-0.15, -0.1) is 0 Å². The van der Waals surface area contributed by atoms with Crippen molar-refractivity contribution in [1.29, 1.82) is 0 Å². The molecule has 3 nitrogen and oxygen atoms in total. The van der Waals surface area contributed by atoms with Crippen LogP contribution < -0.4 is 10.6 Å². The molecule has 2 N–H and O–H groups in total. The zero-order valence-corrected chi connectivity index (χ0v) is 15.2. The molecule has 0 fully saturated rings. The Morgan fingerprint density at radius 3 is 2.12 bits per heavy atom. The molecule has 3 rings (SSSR count). The number of carbonyl (C=O) groups is 1. The van der Waals surface area contributed by atoms with Crippen LogP contribution in [0.5, 0.6) is 0 Å². The predicted molar refractivity (Wildman–Crippen MR) is 110 cm³/mol. The molecule has 0 spiro atoms. The first kappa shape index (κ1) is 17.7. The lowest BCUT2D eigenvalue weighted by Gasteiger charge is -2.16. The number of nitrogens with one attached hydrogen (secondary N) is 2. The van der Waals surface area contributed by atoms with Gasteiger partial charge in [-0.2, -0.15) is 0 Å². The van der Waals surface area contributed by atoms with Crippen LogP contribution in [0.2, 0.25) is 0 Å². The summed E-state index contributed by atoms with van der Waals surface area (Å²) in [6.45, 7) is 4.32. The largest absolute Gasteiger partial charge is 0.323 e. The fourth-order valence-electron chi connectivity index (χ4n) is 2.92. The summed E-state index contributed by atoms with van der Waals surface area (Å²) in [6, 6.07) is 25.8. The Morgan fingerprint density at radius 2 is 1.42 bits per heavy atom. The van der Waals surface area contributed by atoms with Crippen LogP contribution in [0.1, 0.15) is 31.7 Å². The van der Waals surface area contributed by atoms with Gasteiger partial charge in [0.15, 0.2) is 0 Å². The summed E-state index contributed by atoms with van der Waals surface area (Å²) in [5.74, 6) is 0.400. The van der Waals surface area contributed by atoms with E-state index >= 15 is 0 Å². The first-order valence-corrected chi connectivity index (χ1v) is 8.99. The second-order valence-corrected chi connectivity index (χ2v) is 6.42. The fraction of sp³-hybridized carbons (Fsp3) is 0.174. The second-order valence-electron chi connectivity index (χ2n) is 6.42. The third kappa shape index (κ3) is 4.31. The molecule has 26 heavy (non-hydrogen) atoms. The van der Waals surface area contributed by atoms with Crippen molar-refractivity contribution in [2.75, 3.05) is 10.6 Å². The molecule has 3 heteroatoms. The molecule has 0 saturated carbocycles. The van der Waals surface area contributed by atoms with Gasteiger partial charge in [-0.1, -0.05) is 74.5 Å². The highest BCUT2D eigenvalue weighted by molar-refractivity contribution is 6.00. The fourth-order valence-corrected chi connectivity index (χ4v) is 2.92. The van der Waals surface area contributed by atoms with E-state index < -0.39 is 0 Å². The molecule has 0 aliphatic rings. The van der Waals surface area contributed by atoms with E-state index in [1.165, 1.54) is 0 Å². The van der Waals surface area contributed by atoms with E-state index in [4.69, 9.17) is 0 Å². The number of amides is 2. The summed E-state index contributed by atoms with van der Waals surface area (Å²) in [4.78, 5) is 12.4. The summed E-state index contributed by atoms with van der Waals surface area (Å²) in [7, 11) is 0. The van der Waals surface area contributed by atoms with E-state index in [1.54, 1.807) is 0 Å². The zero-order valence-electron chi connectivity index (χ0n) is 15.2. The molecule has 0 saturated heterocycles. The Kier molecular flexibility index (Phi) is 5.69. The number of rotatable bonds is 5. The third-order valence-electron chi connectivity index (χ3n) is 4.60. The Balaban J connectivity index is 1.67. The molecule has 0 bridgehead atoms. The molecule has 0 aromatic heterocycles. The number of hydrogen-bond acceptors (Lipinski definition) is 1. The summed E-state index contributed by atoms with van der Waals surface area (Å²) in [5.41, 5.74) is 5.07. The van der Waals surface area contributed by atoms with E-state index in [9.17, 15) is 4.79 Å². The minimum absolute atomic E-state index is 0.229. The van der Waals surface area contributed by atoms with E-state index in [2.05, 4.69) is 42.7 Å². The van der Waals surface area contributed by atoms with Crippen molar-refractivity contribution in [2.24, 2.45) is 0 Å². The van der Waals surface area contributed by atoms with Gasteiger partial charge in [0.25, 0.3) is 0 Å². The normalized spacial score (nSPS) is 11.6. The summed E-state index contributed by atoms with van der Waals surface area (Å²) >= 11 is 0. The van der Waals surface area contributed by atoms with Crippen molar-refractivity contribution in [3.8, 4) is 11.1 Å². The zero-order chi connectivity index (χ0) is 18.4. The van der Waals surface area contributed by atoms with Gasteiger partial charge in [0.1, 0.15) is 0 Å². The quantitative estimate of drug-likeness (QED) is 0.544. The highest BCUT2D eigenvalue weighted by atomic mass is 16.2. The number of benzene rings is 3. The number of urea groups is 1. The smallest absolute Gasteiger partial charge is 0.308 e. The monoisotopic (exact) mass is 344 g/mol. The number of carbonyl (C=O) groups excluding carboxylic acids is 1. The molecule has 1 unspecified atom stereocenters. The van der Waals surface area contributed by atoms with E-state index in [0.29, 0.717) is 5.92 Å². The molecule has 1 atom stereocenters. The highest BCUT2D eigenvalue weighted by Crippen LogP contribution is 2.27. The summed E-state index contributed by atoms with van der Waals surface area (Å²) < 4.78 is 0. The minimum atomic E-state index is -0.229. The van der Waals surface area contributed by atoms with Crippen molar-refractivity contribution in [3.05, 3.63) is 84.4 Å². The maximum atomic E-state index is 12.4. The van der Waals surface area contributed by atoms with Crippen LogP contribution in [0.3, 0.4) is 0 Å². The van der Waals surface area contributed by atoms with Crippen LogP contribution >= 0.6 is 0 Å². The lowest BCUT2D eigenvalue weighted by Crippen LogP contribution is -2.20. The third-order valence-corrected chi connectivity index (χ3v) is 4.60. The van der Waals surface area contributed by atoms with Crippen molar-refractivity contribution in [3.63, 3.8) is 0 Å². The molecule has 0 radical (unpaired) electrons. The van der Waals surface area contributed by atoms with Gasteiger partial charge in [-0.3, -0.25) is 0 Å². The summed E-state index contributed by atoms with van der Waals surface area (Å²) in [5, 5.41) is 5.87. The molecule has 3 aromatic rings. The maximum absolute atomic E-state index is 12.4. The van der Waals surface area contributed by atoms with Crippen LogP contribution in [-0.2, 0) is 0 Å². The van der Waals surface area contributed by atoms with Crippen LogP contribution in [-0.4, -0.2) is 6.03 Å². The minimum Gasteiger partial charge on any atom is -0.308 e. The van der Waals surface area contributed by atoms with Gasteiger partial charge in [-0.05, 0) is 47.2 Å². The molecule has 132 valence electrons. The van der Waals surface area contributed by atoms with Crippen molar-refractivity contribution >= 4 is 17.4 Å². The SMILES string of the molecule is CCC(C)c1ccccc1NC(=O)Nc1ccc(-c2ccccc2)cc1.